The predicted molar refractivity (Wildman–Crippen MR) is 165 cm³/mol. The number of nitrogens with zero attached hydrogens (tertiary/aromatic N) is 3. The van der Waals surface area contributed by atoms with Crippen LogP contribution in [-0.4, -0.2) is 15.0 Å². The number of fused-ring (bicyclic) bond motifs is 4. The Labute approximate surface area is 237 Å². The Morgan fingerprint density at radius 3 is 2.17 bits per heavy atom. The van der Waals surface area contributed by atoms with E-state index in [4.69, 9.17) is 19.4 Å². The van der Waals surface area contributed by atoms with Gasteiger partial charge in [-0.1, -0.05) is 121 Å². The van der Waals surface area contributed by atoms with E-state index in [9.17, 15) is 0 Å². The van der Waals surface area contributed by atoms with Crippen LogP contribution in [0.15, 0.2) is 132 Å². The molecule has 0 N–H and O–H groups in total. The minimum atomic E-state index is 0.0503. The van der Waals surface area contributed by atoms with Crippen molar-refractivity contribution in [3.8, 4) is 33.9 Å². The van der Waals surface area contributed by atoms with Gasteiger partial charge in [0.2, 0.25) is 0 Å². The number of hydrogen-bond acceptors (Lipinski definition) is 4. The molecule has 5 aromatic carbocycles. The summed E-state index contributed by atoms with van der Waals surface area (Å²) in [6.45, 7) is 0. The Balaban J connectivity index is 1.29. The summed E-state index contributed by atoms with van der Waals surface area (Å²) in [5.41, 5.74) is 8.48. The Morgan fingerprint density at radius 2 is 1.27 bits per heavy atom. The Hall–Kier alpha value is -5.35. The third-order valence-corrected chi connectivity index (χ3v) is 7.88. The summed E-state index contributed by atoms with van der Waals surface area (Å²) >= 11 is 0. The van der Waals surface area contributed by atoms with Crippen LogP contribution in [0.4, 0.5) is 0 Å². The summed E-state index contributed by atoms with van der Waals surface area (Å²) in [6, 6.07) is 41.6. The van der Waals surface area contributed by atoms with Crippen molar-refractivity contribution < 1.29 is 4.42 Å². The van der Waals surface area contributed by atoms with Gasteiger partial charge in [-0.15, -0.1) is 0 Å². The normalized spacial score (nSPS) is 14.4. The lowest BCUT2D eigenvalue weighted by atomic mass is 9.89. The van der Waals surface area contributed by atoms with Gasteiger partial charge in [-0.3, -0.25) is 0 Å². The van der Waals surface area contributed by atoms with Crippen LogP contribution >= 0.6 is 0 Å². The molecule has 0 bridgehead atoms. The van der Waals surface area contributed by atoms with Crippen molar-refractivity contribution in [3.63, 3.8) is 0 Å². The molecule has 1 atom stereocenters. The summed E-state index contributed by atoms with van der Waals surface area (Å²) in [5, 5.41) is 2.08. The number of allylic oxidation sites excluding steroid dienone is 1. The highest BCUT2D eigenvalue weighted by Gasteiger charge is 2.22. The number of aromatic nitrogens is 3. The molecule has 0 saturated heterocycles. The maximum atomic E-state index is 6.19. The smallest absolute Gasteiger partial charge is 0.164 e. The number of benzene rings is 5. The summed E-state index contributed by atoms with van der Waals surface area (Å²) in [5.74, 6) is 2.14. The van der Waals surface area contributed by atoms with Crippen LogP contribution in [0, 0.1) is 0 Å². The van der Waals surface area contributed by atoms with Crippen LogP contribution in [0.5, 0.6) is 0 Å². The highest BCUT2D eigenvalue weighted by atomic mass is 16.3. The zero-order chi connectivity index (χ0) is 27.2. The second-order valence-electron chi connectivity index (χ2n) is 10.4. The fourth-order valence-electron chi connectivity index (χ4n) is 5.80. The second kappa shape index (κ2) is 9.68. The molecule has 41 heavy (non-hydrogen) atoms. The van der Waals surface area contributed by atoms with E-state index in [-0.39, 0.29) is 5.92 Å². The molecule has 0 fully saturated rings. The third kappa shape index (κ3) is 4.21. The zero-order valence-electron chi connectivity index (χ0n) is 22.2. The van der Waals surface area contributed by atoms with Crippen LogP contribution in [0.3, 0.4) is 0 Å². The maximum absolute atomic E-state index is 6.19. The molecule has 0 spiro atoms. The summed E-state index contributed by atoms with van der Waals surface area (Å²) in [6.07, 6.45) is 5.25. The highest BCUT2D eigenvalue weighted by Crippen LogP contribution is 2.37. The van der Waals surface area contributed by atoms with Gasteiger partial charge >= 0.3 is 0 Å². The van der Waals surface area contributed by atoms with E-state index >= 15 is 0 Å². The SMILES string of the molecule is C1=CC(c2nc(-c3ccc(-c4ccccc4)cc3)nc(-c3cccc4oc5ccccc5c34)n2)Cc2ccccc21. The average molecular weight is 528 g/mol. The molecule has 1 aliphatic rings. The molecule has 0 radical (unpaired) electrons. The van der Waals surface area contributed by atoms with Gasteiger partial charge in [0, 0.05) is 27.8 Å². The van der Waals surface area contributed by atoms with E-state index in [0.29, 0.717) is 11.6 Å². The molecular formula is C37H25N3O. The molecule has 1 aliphatic carbocycles. The molecule has 0 aliphatic heterocycles. The van der Waals surface area contributed by atoms with E-state index in [2.05, 4.69) is 97.1 Å². The largest absolute Gasteiger partial charge is 0.456 e. The predicted octanol–water partition coefficient (Wildman–Crippen LogP) is 9.13. The zero-order valence-corrected chi connectivity index (χ0v) is 22.2. The lowest BCUT2D eigenvalue weighted by molar-refractivity contribution is 0.669. The Bertz CT molecular complexity index is 2070. The molecule has 8 rings (SSSR count). The van der Waals surface area contributed by atoms with Crippen molar-refractivity contribution in [3.05, 3.63) is 144 Å². The number of rotatable bonds is 4. The van der Waals surface area contributed by atoms with Crippen LogP contribution in [0.25, 0.3) is 61.9 Å². The summed E-state index contributed by atoms with van der Waals surface area (Å²) < 4.78 is 6.19. The highest BCUT2D eigenvalue weighted by molar-refractivity contribution is 6.11. The van der Waals surface area contributed by atoms with E-state index in [1.807, 2.05) is 36.4 Å². The van der Waals surface area contributed by atoms with Crippen molar-refractivity contribution in [2.75, 3.05) is 0 Å². The van der Waals surface area contributed by atoms with Crippen molar-refractivity contribution in [2.45, 2.75) is 12.3 Å². The Kier molecular flexibility index (Phi) is 5.56. The minimum Gasteiger partial charge on any atom is -0.456 e. The molecule has 0 saturated carbocycles. The van der Waals surface area contributed by atoms with Gasteiger partial charge in [-0.05, 0) is 40.8 Å². The third-order valence-electron chi connectivity index (χ3n) is 7.88. The molecule has 2 heterocycles. The van der Waals surface area contributed by atoms with Crippen LogP contribution in [0.1, 0.15) is 22.9 Å². The maximum Gasteiger partial charge on any atom is 0.164 e. The monoisotopic (exact) mass is 527 g/mol. The minimum absolute atomic E-state index is 0.0503. The molecule has 4 heteroatoms. The lowest BCUT2D eigenvalue weighted by Crippen LogP contribution is -2.12. The molecule has 4 nitrogen and oxygen atoms in total. The van der Waals surface area contributed by atoms with Crippen LogP contribution in [-0.2, 0) is 6.42 Å². The van der Waals surface area contributed by atoms with E-state index < -0.39 is 0 Å². The van der Waals surface area contributed by atoms with Gasteiger partial charge in [0.05, 0.1) is 0 Å². The molecule has 2 aromatic heterocycles. The van der Waals surface area contributed by atoms with E-state index in [1.165, 1.54) is 16.7 Å². The number of hydrogen-bond donors (Lipinski definition) is 0. The average Bonchev–Trinajstić information content (AvgIpc) is 3.44. The van der Waals surface area contributed by atoms with Gasteiger partial charge in [-0.25, -0.2) is 15.0 Å². The van der Waals surface area contributed by atoms with E-state index in [1.54, 1.807) is 0 Å². The van der Waals surface area contributed by atoms with E-state index in [0.717, 1.165) is 50.9 Å². The molecule has 194 valence electrons. The molecule has 0 amide bonds. The number of furan rings is 1. The molecular weight excluding hydrogens is 502 g/mol. The molecule has 1 unspecified atom stereocenters. The fourth-order valence-corrected chi connectivity index (χ4v) is 5.80. The van der Waals surface area contributed by atoms with Crippen molar-refractivity contribution in [1.82, 2.24) is 15.0 Å². The van der Waals surface area contributed by atoms with Crippen molar-refractivity contribution in [2.24, 2.45) is 0 Å². The Morgan fingerprint density at radius 1 is 0.561 bits per heavy atom. The first-order valence-electron chi connectivity index (χ1n) is 13.9. The lowest BCUT2D eigenvalue weighted by Gasteiger charge is -2.19. The standard InChI is InChI=1S/C37H25N3O/c1-2-9-24(10-3-1)26-17-20-27(21-18-26)35-38-36(29-22-19-25-11-4-5-12-28(25)23-29)40-37(39-35)31-14-8-16-33-34(31)30-13-6-7-15-32(30)41-33/h1-22,29H,23H2. The first kappa shape index (κ1) is 23.5. The quantitative estimate of drug-likeness (QED) is 0.229. The summed E-state index contributed by atoms with van der Waals surface area (Å²) in [7, 11) is 0. The van der Waals surface area contributed by atoms with Gasteiger partial charge in [0.25, 0.3) is 0 Å². The van der Waals surface area contributed by atoms with Gasteiger partial charge in [-0.2, -0.15) is 0 Å². The number of para-hydroxylation sites is 1. The van der Waals surface area contributed by atoms with Crippen LogP contribution < -0.4 is 0 Å². The fraction of sp³-hybridized carbons (Fsp3) is 0.0541. The van der Waals surface area contributed by atoms with Gasteiger partial charge in [0.1, 0.15) is 17.0 Å². The second-order valence-corrected chi connectivity index (χ2v) is 10.4. The van der Waals surface area contributed by atoms with Crippen molar-refractivity contribution in [1.29, 1.82) is 0 Å². The van der Waals surface area contributed by atoms with Crippen molar-refractivity contribution >= 4 is 28.0 Å². The van der Waals surface area contributed by atoms with Gasteiger partial charge < -0.3 is 4.42 Å². The first-order chi connectivity index (χ1) is 20.3. The topological polar surface area (TPSA) is 51.8 Å². The van der Waals surface area contributed by atoms with Gasteiger partial charge in [0.15, 0.2) is 11.6 Å². The first-order valence-corrected chi connectivity index (χ1v) is 13.9. The summed E-state index contributed by atoms with van der Waals surface area (Å²) in [4.78, 5) is 15.2. The molecule has 7 aromatic rings. The van der Waals surface area contributed by atoms with Crippen LogP contribution in [0.2, 0.25) is 0 Å².